The summed E-state index contributed by atoms with van der Waals surface area (Å²) < 4.78 is 3.28. The van der Waals surface area contributed by atoms with E-state index >= 15 is 0 Å². The zero-order valence-electron chi connectivity index (χ0n) is 24.4. The summed E-state index contributed by atoms with van der Waals surface area (Å²) in [7, 11) is 0. The van der Waals surface area contributed by atoms with E-state index in [1.165, 1.54) is 16.7 Å². The molecule has 0 unspecified atom stereocenters. The lowest BCUT2D eigenvalue weighted by molar-refractivity contribution is -0.121. The maximum atomic E-state index is 12.6. The summed E-state index contributed by atoms with van der Waals surface area (Å²) in [5, 5.41) is 13.9. The predicted octanol–water partition coefficient (Wildman–Crippen LogP) is 8.39. The van der Waals surface area contributed by atoms with Gasteiger partial charge < -0.3 is 9.88 Å². The van der Waals surface area contributed by atoms with Crippen LogP contribution in [-0.4, -0.2) is 38.0 Å². The maximum absolute atomic E-state index is 12.6. The van der Waals surface area contributed by atoms with Crippen LogP contribution in [0.1, 0.15) is 48.3 Å². The fraction of sp³-hybridized carbons (Fsp3) is 0.222. The molecule has 2 heterocycles. The second kappa shape index (κ2) is 14.6. The van der Waals surface area contributed by atoms with Crippen molar-refractivity contribution in [2.45, 2.75) is 43.3 Å². The van der Waals surface area contributed by atoms with Crippen molar-refractivity contribution in [2.75, 3.05) is 12.3 Å². The van der Waals surface area contributed by atoms with Gasteiger partial charge in [0, 0.05) is 41.0 Å². The van der Waals surface area contributed by atoms with Gasteiger partial charge in [-0.05, 0) is 54.2 Å². The molecule has 0 aliphatic rings. The first-order chi connectivity index (χ1) is 21.7. The molecule has 0 bridgehead atoms. The minimum absolute atomic E-state index is 0.103. The van der Waals surface area contributed by atoms with Crippen LogP contribution in [0.15, 0.2) is 119 Å². The fourth-order valence-corrected chi connectivity index (χ4v) is 6.62. The third-order valence-corrected chi connectivity index (χ3v) is 9.25. The van der Waals surface area contributed by atoms with Gasteiger partial charge in [-0.15, -0.1) is 10.2 Å². The number of para-hydroxylation sites is 1. The topological polar surface area (TPSA) is 72.7 Å². The third-order valence-electron chi connectivity index (χ3n) is 7.80. The minimum Gasteiger partial charge on any atom is -0.356 e. The number of rotatable bonds is 13. The maximum Gasteiger partial charge on any atom is 0.219 e. The molecule has 44 heavy (non-hydrogen) atoms. The molecule has 1 amide bonds. The van der Waals surface area contributed by atoms with Crippen molar-refractivity contribution in [1.29, 1.82) is 0 Å². The standard InChI is InChI=1S/C36H34BrN5OS/c37-29-20-18-26(19-21-29)25-42-32-16-8-7-15-31(32)34-35(42)39-36(41-40-34)44-24-10-9-17-33(43)38-23-22-30(27-11-3-1-4-12-27)28-13-5-2-6-14-28/h1-8,11-16,18-21,30H,9-10,17,22-25H2,(H,38,43). The van der Waals surface area contributed by atoms with E-state index in [-0.39, 0.29) is 11.8 Å². The zero-order valence-corrected chi connectivity index (χ0v) is 26.8. The van der Waals surface area contributed by atoms with Crippen molar-refractivity contribution in [1.82, 2.24) is 25.1 Å². The highest BCUT2D eigenvalue weighted by Gasteiger charge is 2.16. The molecule has 4 aromatic carbocycles. The van der Waals surface area contributed by atoms with Crippen LogP contribution in [0.3, 0.4) is 0 Å². The summed E-state index contributed by atoms with van der Waals surface area (Å²) in [6.07, 6.45) is 3.10. The number of thioether (sulfide) groups is 1. The molecule has 0 spiro atoms. The second-order valence-corrected chi connectivity index (χ2v) is 12.8. The first kappa shape index (κ1) is 30.0. The normalized spacial score (nSPS) is 11.4. The van der Waals surface area contributed by atoms with Crippen LogP contribution >= 0.6 is 27.7 Å². The molecular weight excluding hydrogens is 630 g/mol. The van der Waals surface area contributed by atoms with Crippen molar-refractivity contribution in [3.8, 4) is 0 Å². The summed E-state index contributed by atoms with van der Waals surface area (Å²) in [6, 6.07) is 37.6. The molecule has 2 aromatic heterocycles. The number of nitrogens with zero attached hydrogens (tertiary/aromatic N) is 4. The molecule has 6 rings (SSSR count). The van der Waals surface area contributed by atoms with E-state index in [1.54, 1.807) is 11.8 Å². The highest BCUT2D eigenvalue weighted by Crippen LogP contribution is 2.29. The molecule has 6 nitrogen and oxygen atoms in total. The average Bonchev–Trinajstić information content (AvgIpc) is 3.37. The number of amides is 1. The average molecular weight is 665 g/mol. The number of unbranched alkanes of at least 4 members (excludes halogenated alkanes) is 1. The Bertz CT molecular complexity index is 1790. The summed E-state index contributed by atoms with van der Waals surface area (Å²) >= 11 is 5.12. The van der Waals surface area contributed by atoms with Crippen LogP contribution in [0.2, 0.25) is 0 Å². The van der Waals surface area contributed by atoms with E-state index < -0.39 is 0 Å². The molecule has 0 saturated carbocycles. The Balaban J connectivity index is 1.01. The molecule has 1 N–H and O–H groups in total. The number of aromatic nitrogens is 4. The number of benzene rings is 4. The number of hydrogen-bond acceptors (Lipinski definition) is 5. The lowest BCUT2D eigenvalue weighted by atomic mass is 9.88. The van der Waals surface area contributed by atoms with Gasteiger partial charge in [0.1, 0.15) is 5.52 Å². The van der Waals surface area contributed by atoms with Gasteiger partial charge in [0.15, 0.2) is 5.65 Å². The molecule has 0 atom stereocenters. The van der Waals surface area contributed by atoms with Crippen molar-refractivity contribution in [3.63, 3.8) is 0 Å². The summed E-state index contributed by atoms with van der Waals surface area (Å²) in [6.45, 7) is 1.35. The van der Waals surface area contributed by atoms with Crippen molar-refractivity contribution in [3.05, 3.63) is 130 Å². The van der Waals surface area contributed by atoms with Crippen molar-refractivity contribution < 1.29 is 4.79 Å². The van der Waals surface area contributed by atoms with Gasteiger partial charge in [0.25, 0.3) is 0 Å². The van der Waals surface area contributed by atoms with E-state index in [1.807, 2.05) is 24.3 Å². The van der Waals surface area contributed by atoms with Crippen molar-refractivity contribution in [2.24, 2.45) is 0 Å². The van der Waals surface area contributed by atoms with Crippen LogP contribution in [0.5, 0.6) is 0 Å². The summed E-state index contributed by atoms with van der Waals surface area (Å²) in [5.41, 5.74) is 6.50. The Hall–Kier alpha value is -4.01. The lowest BCUT2D eigenvalue weighted by Gasteiger charge is -2.18. The van der Waals surface area contributed by atoms with E-state index in [0.29, 0.717) is 24.7 Å². The van der Waals surface area contributed by atoms with E-state index in [0.717, 1.165) is 51.6 Å². The van der Waals surface area contributed by atoms with Gasteiger partial charge in [-0.3, -0.25) is 4.79 Å². The van der Waals surface area contributed by atoms with E-state index in [9.17, 15) is 4.79 Å². The predicted molar refractivity (Wildman–Crippen MR) is 183 cm³/mol. The second-order valence-electron chi connectivity index (χ2n) is 10.8. The lowest BCUT2D eigenvalue weighted by Crippen LogP contribution is -2.25. The molecule has 0 fully saturated rings. The quantitative estimate of drug-likeness (QED) is 0.0992. The Kier molecular flexibility index (Phi) is 10.00. The van der Waals surface area contributed by atoms with Crippen molar-refractivity contribution >= 4 is 55.7 Å². The summed E-state index contributed by atoms with van der Waals surface area (Å²) in [4.78, 5) is 17.5. The molecular formula is C36H34BrN5OS. The first-order valence-electron chi connectivity index (χ1n) is 15.0. The number of nitrogens with one attached hydrogen (secondary N) is 1. The molecule has 6 aromatic rings. The number of carbonyl (C=O) groups is 1. The Morgan fingerprint density at radius 3 is 2.23 bits per heavy atom. The Labute approximate surface area is 270 Å². The van der Waals surface area contributed by atoms with Gasteiger partial charge in [0.05, 0.1) is 5.52 Å². The highest BCUT2D eigenvalue weighted by molar-refractivity contribution is 9.10. The van der Waals surface area contributed by atoms with Crippen LogP contribution < -0.4 is 5.32 Å². The van der Waals surface area contributed by atoms with Crippen LogP contribution in [0.4, 0.5) is 0 Å². The number of fused-ring (bicyclic) bond motifs is 3. The van der Waals surface area contributed by atoms with Gasteiger partial charge in [0.2, 0.25) is 11.1 Å². The first-order valence-corrected chi connectivity index (χ1v) is 16.8. The molecule has 0 aliphatic carbocycles. The molecule has 0 radical (unpaired) electrons. The largest absolute Gasteiger partial charge is 0.356 e. The highest BCUT2D eigenvalue weighted by atomic mass is 79.9. The number of halogens is 1. The van der Waals surface area contributed by atoms with Crippen LogP contribution in [0, 0.1) is 0 Å². The monoisotopic (exact) mass is 663 g/mol. The Morgan fingerprint density at radius 2 is 1.50 bits per heavy atom. The summed E-state index contributed by atoms with van der Waals surface area (Å²) in [5.74, 6) is 1.19. The molecule has 0 saturated heterocycles. The smallest absolute Gasteiger partial charge is 0.219 e. The SMILES string of the molecule is O=C(CCCCSc1nnc2c3ccccc3n(Cc3ccc(Br)cc3)c2n1)NCCC(c1ccccc1)c1ccccc1. The van der Waals surface area contributed by atoms with Crippen LogP contribution in [-0.2, 0) is 11.3 Å². The van der Waals surface area contributed by atoms with E-state index in [4.69, 9.17) is 4.98 Å². The Morgan fingerprint density at radius 1 is 0.818 bits per heavy atom. The minimum atomic E-state index is 0.103. The molecule has 0 aliphatic heterocycles. The van der Waals surface area contributed by atoms with Gasteiger partial charge in [-0.2, -0.15) is 0 Å². The fourth-order valence-electron chi connectivity index (χ4n) is 5.57. The number of carbonyl (C=O) groups excluding carboxylic acids is 1. The van der Waals surface area contributed by atoms with Gasteiger partial charge in [-0.25, -0.2) is 4.98 Å². The number of hydrogen-bond donors (Lipinski definition) is 1. The zero-order chi connectivity index (χ0) is 30.1. The van der Waals surface area contributed by atoms with Gasteiger partial charge >= 0.3 is 0 Å². The molecule has 8 heteroatoms. The van der Waals surface area contributed by atoms with Gasteiger partial charge in [-0.1, -0.05) is 119 Å². The van der Waals surface area contributed by atoms with E-state index in [2.05, 4.69) is 121 Å². The molecule has 222 valence electrons. The third kappa shape index (κ3) is 7.37. The van der Waals surface area contributed by atoms with Crippen LogP contribution in [0.25, 0.3) is 22.1 Å².